The number of ether oxygens (including phenoxy) is 1. The maximum absolute atomic E-state index is 13.4. The molecule has 0 fully saturated rings. The summed E-state index contributed by atoms with van der Waals surface area (Å²) in [5.41, 5.74) is 9.37. The van der Waals surface area contributed by atoms with Crippen molar-refractivity contribution in [2.24, 2.45) is 11.1 Å². The largest absolute Gasteiger partial charge is 0.444 e. The van der Waals surface area contributed by atoms with Crippen molar-refractivity contribution >= 4 is 28.2 Å². The van der Waals surface area contributed by atoms with E-state index in [-0.39, 0.29) is 22.8 Å². The maximum Gasteiger partial charge on any atom is 0.269 e. The normalized spacial score (nSPS) is 20.3. The Morgan fingerprint density at radius 3 is 2.75 bits per heavy atom. The van der Waals surface area contributed by atoms with E-state index in [9.17, 15) is 14.9 Å². The van der Waals surface area contributed by atoms with E-state index < -0.39 is 10.8 Å². The van der Waals surface area contributed by atoms with Crippen molar-refractivity contribution in [2.45, 2.75) is 32.6 Å². The zero-order valence-electron chi connectivity index (χ0n) is 17.7. The molecule has 2 N–H and O–H groups in total. The first kappa shape index (κ1) is 20.0. The van der Waals surface area contributed by atoms with Gasteiger partial charge in [-0.15, -0.1) is 0 Å². The van der Waals surface area contributed by atoms with Crippen LogP contribution in [0.3, 0.4) is 0 Å². The number of fused-ring (bicyclic) bond motifs is 1. The molecule has 0 saturated heterocycles. The van der Waals surface area contributed by atoms with Crippen LogP contribution in [0.4, 0.5) is 5.69 Å². The summed E-state index contributed by atoms with van der Waals surface area (Å²) in [4.78, 5) is 28.9. The van der Waals surface area contributed by atoms with Crippen LogP contribution in [0, 0.1) is 15.5 Å². The third-order valence-electron chi connectivity index (χ3n) is 6.05. The van der Waals surface area contributed by atoms with Crippen LogP contribution < -0.4 is 5.73 Å². The lowest BCUT2D eigenvalue weighted by molar-refractivity contribution is -0.384. The van der Waals surface area contributed by atoms with E-state index in [1.807, 2.05) is 42.7 Å². The summed E-state index contributed by atoms with van der Waals surface area (Å²) in [5.74, 6) is 0.0457. The number of Topliss-reactive ketones (excluding diaryl/α,β-unsaturated/α-hetero) is 1. The lowest BCUT2D eigenvalue weighted by Crippen LogP contribution is -2.34. The van der Waals surface area contributed by atoms with Gasteiger partial charge in [-0.05, 0) is 23.1 Å². The molecule has 1 aliphatic heterocycles. The highest BCUT2D eigenvalue weighted by molar-refractivity contribution is 6.02. The number of nitro groups is 1. The number of carbonyl (C=O) groups is 1. The van der Waals surface area contributed by atoms with Crippen LogP contribution in [0.1, 0.15) is 38.2 Å². The topological polar surface area (TPSA) is 113 Å². The molecule has 1 aliphatic carbocycles. The number of hydrogen-bond acceptors (Lipinski definition) is 6. The molecule has 3 aromatic rings. The number of ketones is 1. The van der Waals surface area contributed by atoms with Crippen LogP contribution in [0.2, 0.25) is 0 Å². The van der Waals surface area contributed by atoms with Gasteiger partial charge in [0.2, 0.25) is 5.88 Å². The second-order valence-electron chi connectivity index (χ2n) is 9.02. The number of hydrogen-bond donors (Lipinski definition) is 1. The average Bonchev–Trinajstić information content (AvgIpc) is 3.15. The van der Waals surface area contributed by atoms with Crippen LogP contribution in [-0.2, 0) is 9.53 Å². The minimum absolute atomic E-state index is 0.0397. The minimum Gasteiger partial charge on any atom is -0.444 e. The summed E-state index contributed by atoms with van der Waals surface area (Å²) in [5, 5.41) is 11.5. The fourth-order valence-corrected chi connectivity index (χ4v) is 4.71. The molecule has 2 aliphatic rings. The Morgan fingerprint density at radius 2 is 1.97 bits per heavy atom. The molecule has 32 heavy (non-hydrogen) atoms. The van der Waals surface area contributed by atoms with Crippen molar-refractivity contribution in [3.05, 3.63) is 87.8 Å². The van der Waals surface area contributed by atoms with Crippen molar-refractivity contribution < 1.29 is 14.5 Å². The Morgan fingerprint density at radius 1 is 1.19 bits per heavy atom. The van der Waals surface area contributed by atoms with E-state index >= 15 is 0 Å². The van der Waals surface area contributed by atoms with Crippen LogP contribution in [-0.4, -0.2) is 20.3 Å². The predicted molar refractivity (Wildman–Crippen MR) is 119 cm³/mol. The van der Waals surface area contributed by atoms with Gasteiger partial charge in [-0.25, -0.2) is 4.98 Å². The molecule has 2 aromatic carbocycles. The maximum atomic E-state index is 13.4. The summed E-state index contributed by atoms with van der Waals surface area (Å²) in [6, 6.07) is 13.9. The van der Waals surface area contributed by atoms with Crippen molar-refractivity contribution in [1.29, 1.82) is 0 Å². The van der Waals surface area contributed by atoms with Crippen LogP contribution in [0.5, 0.6) is 0 Å². The van der Waals surface area contributed by atoms with Crippen molar-refractivity contribution in [3.8, 4) is 0 Å². The molecular formula is C24H22N4O4. The number of nitrogens with two attached hydrogens (primary N) is 1. The van der Waals surface area contributed by atoms with E-state index in [0.717, 1.165) is 11.0 Å². The minimum atomic E-state index is -0.611. The Kier molecular flexibility index (Phi) is 4.40. The third-order valence-corrected chi connectivity index (χ3v) is 6.05. The van der Waals surface area contributed by atoms with Gasteiger partial charge in [0.05, 0.1) is 27.6 Å². The summed E-state index contributed by atoms with van der Waals surface area (Å²) in [6.45, 7) is 4.03. The number of para-hydroxylation sites is 2. The number of rotatable bonds is 3. The molecule has 0 bridgehead atoms. The van der Waals surface area contributed by atoms with Gasteiger partial charge < -0.3 is 10.5 Å². The number of allylic oxidation sites excluding steroid dienone is 3. The number of nitro benzene ring substituents is 1. The summed E-state index contributed by atoms with van der Waals surface area (Å²) >= 11 is 0. The number of aromatic nitrogens is 2. The first-order valence-corrected chi connectivity index (χ1v) is 10.4. The first-order chi connectivity index (χ1) is 15.2. The molecule has 0 amide bonds. The number of nitrogens with zero attached hydrogens (tertiary/aromatic N) is 3. The lowest BCUT2D eigenvalue weighted by Gasteiger charge is -2.38. The quantitative estimate of drug-likeness (QED) is 0.484. The molecule has 0 spiro atoms. The number of benzene rings is 2. The van der Waals surface area contributed by atoms with E-state index in [1.54, 1.807) is 18.5 Å². The van der Waals surface area contributed by atoms with Gasteiger partial charge in [-0.2, -0.15) is 0 Å². The van der Waals surface area contributed by atoms with Crippen LogP contribution >= 0.6 is 0 Å². The standard InChI is InChI=1S/C24H22N4O4/c1-24(2)11-18(29)21-19(12-24)32-23(25)22(27-13-26-16-8-3-4-9-17(16)27)20(21)14-6-5-7-15(10-14)28(30)31/h3-10,13,20H,11-12,25H2,1-2H3. The molecule has 2 heterocycles. The number of imidazole rings is 1. The van der Waals surface area contributed by atoms with Gasteiger partial charge in [-0.3, -0.25) is 19.5 Å². The highest BCUT2D eigenvalue weighted by Gasteiger charge is 2.43. The van der Waals surface area contributed by atoms with E-state index in [1.165, 1.54) is 12.1 Å². The highest BCUT2D eigenvalue weighted by Crippen LogP contribution is 2.50. The van der Waals surface area contributed by atoms with Crippen molar-refractivity contribution in [3.63, 3.8) is 0 Å². The third kappa shape index (κ3) is 3.15. The number of non-ortho nitro benzene ring substituents is 1. The Balaban J connectivity index is 1.77. The Bertz CT molecular complexity index is 1350. The molecule has 5 rings (SSSR count). The highest BCUT2D eigenvalue weighted by atomic mass is 16.6. The van der Waals surface area contributed by atoms with Crippen molar-refractivity contribution in [2.75, 3.05) is 0 Å². The summed E-state index contributed by atoms with van der Waals surface area (Å²) in [7, 11) is 0. The second kappa shape index (κ2) is 7.05. The van der Waals surface area contributed by atoms with Crippen LogP contribution in [0.15, 0.2) is 72.1 Å². The molecular weight excluding hydrogens is 408 g/mol. The molecule has 8 heteroatoms. The van der Waals surface area contributed by atoms with E-state index in [0.29, 0.717) is 35.4 Å². The van der Waals surface area contributed by atoms with Gasteiger partial charge in [0.25, 0.3) is 5.69 Å². The van der Waals surface area contributed by atoms with E-state index in [2.05, 4.69) is 4.98 Å². The zero-order valence-corrected chi connectivity index (χ0v) is 17.7. The van der Waals surface area contributed by atoms with Crippen LogP contribution in [0.25, 0.3) is 16.7 Å². The predicted octanol–water partition coefficient (Wildman–Crippen LogP) is 4.49. The monoisotopic (exact) mass is 430 g/mol. The molecule has 8 nitrogen and oxygen atoms in total. The average molecular weight is 430 g/mol. The van der Waals surface area contributed by atoms with Crippen molar-refractivity contribution in [1.82, 2.24) is 9.55 Å². The molecule has 162 valence electrons. The SMILES string of the molecule is CC1(C)CC(=O)C2=C(C1)OC(N)=C(n1cnc3ccccc31)C2c1cccc([N+](=O)[O-])c1. The van der Waals surface area contributed by atoms with Gasteiger partial charge in [-0.1, -0.05) is 38.1 Å². The smallest absolute Gasteiger partial charge is 0.269 e. The van der Waals surface area contributed by atoms with Gasteiger partial charge >= 0.3 is 0 Å². The van der Waals surface area contributed by atoms with E-state index in [4.69, 9.17) is 10.5 Å². The fourth-order valence-electron chi connectivity index (χ4n) is 4.71. The molecule has 1 unspecified atom stereocenters. The van der Waals surface area contributed by atoms with Gasteiger partial charge in [0.1, 0.15) is 12.1 Å². The number of carbonyl (C=O) groups excluding carboxylic acids is 1. The fraction of sp³-hybridized carbons (Fsp3) is 0.250. The lowest BCUT2D eigenvalue weighted by atomic mass is 9.71. The Hall–Kier alpha value is -3.94. The molecule has 1 atom stereocenters. The van der Waals surface area contributed by atoms with Gasteiger partial charge in [0.15, 0.2) is 5.78 Å². The summed E-state index contributed by atoms with van der Waals surface area (Å²) in [6.07, 6.45) is 2.56. The molecule has 0 radical (unpaired) electrons. The second-order valence-corrected chi connectivity index (χ2v) is 9.02. The first-order valence-electron chi connectivity index (χ1n) is 10.4. The molecule has 1 aromatic heterocycles. The Labute approximate surface area is 184 Å². The van der Waals surface area contributed by atoms with Gasteiger partial charge in [0, 0.05) is 30.5 Å². The summed E-state index contributed by atoms with van der Waals surface area (Å²) < 4.78 is 7.86. The zero-order chi connectivity index (χ0) is 22.6. The molecule has 0 saturated carbocycles.